The van der Waals surface area contributed by atoms with E-state index in [9.17, 15) is 36.0 Å². The zero-order valence-electron chi connectivity index (χ0n) is 18.8. The largest absolute Gasteiger partial charge is 0.501 e. The number of nitrogens with one attached hydrogen (secondary N) is 2. The molecule has 0 bridgehead atoms. The summed E-state index contributed by atoms with van der Waals surface area (Å²) in [5.74, 6) is -0.665. The Kier molecular flexibility index (Phi) is 6.85. The monoisotopic (exact) mass is 533 g/mol. The van der Waals surface area contributed by atoms with Crippen LogP contribution in [0, 0.1) is 0 Å². The highest BCUT2D eigenvalue weighted by Gasteiger charge is 2.47. The van der Waals surface area contributed by atoms with Crippen LogP contribution in [0.2, 0.25) is 0 Å². The second kappa shape index (κ2) is 9.89. The van der Waals surface area contributed by atoms with Gasteiger partial charge in [-0.15, -0.1) is 0 Å². The SMILES string of the molecule is O=C(Nc1ccccc1)Nc1cnccc1CN1CC(=O)N(c2ccc(S(=O)(=O)C(F)(F)F)cc2)C1=O. The number of halogens is 3. The number of benzene rings is 2. The Morgan fingerprint density at radius 3 is 2.30 bits per heavy atom. The van der Waals surface area contributed by atoms with Gasteiger partial charge in [0.25, 0.3) is 15.7 Å². The number of aromatic nitrogens is 1. The van der Waals surface area contributed by atoms with E-state index in [-0.39, 0.29) is 24.5 Å². The fourth-order valence-electron chi connectivity index (χ4n) is 3.52. The van der Waals surface area contributed by atoms with E-state index in [1.54, 1.807) is 36.4 Å². The lowest BCUT2D eigenvalue weighted by Gasteiger charge is -2.19. The van der Waals surface area contributed by atoms with Gasteiger partial charge < -0.3 is 15.5 Å². The minimum Gasteiger partial charge on any atom is -0.310 e. The summed E-state index contributed by atoms with van der Waals surface area (Å²) in [5.41, 5.74) is -4.27. The summed E-state index contributed by atoms with van der Waals surface area (Å²) >= 11 is 0. The van der Waals surface area contributed by atoms with Gasteiger partial charge in [0.05, 0.1) is 29.0 Å². The Bertz CT molecular complexity index is 1450. The molecule has 0 saturated carbocycles. The quantitative estimate of drug-likeness (QED) is 0.461. The molecule has 3 aromatic rings. The smallest absolute Gasteiger partial charge is 0.310 e. The molecule has 1 aliphatic rings. The molecule has 10 nitrogen and oxygen atoms in total. The first-order chi connectivity index (χ1) is 17.5. The van der Waals surface area contributed by atoms with E-state index in [2.05, 4.69) is 15.6 Å². The number of urea groups is 2. The Labute approximate surface area is 208 Å². The van der Waals surface area contributed by atoms with Crippen molar-refractivity contribution < 1.29 is 36.0 Å². The molecule has 14 heteroatoms. The molecule has 1 saturated heterocycles. The van der Waals surface area contributed by atoms with Gasteiger partial charge in [0, 0.05) is 11.9 Å². The maximum absolute atomic E-state index is 13.0. The Morgan fingerprint density at radius 1 is 0.973 bits per heavy atom. The van der Waals surface area contributed by atoms with Gasteiger partial charge in [-0.05, 0) is 48.0 Å². The van der Waals surface area contributed by atoms with Crippen LogP contribution in [0.25, 0.3) is 0 Å². The number of pyridine rings is 1. The molecule has 0 radical (unpaired) electrons. The summed E-state index contributed by atoms with van der Waals surface area (Å²) in [4.78, 5) is 42.8. The Balaban J connectivity index is 1.48. The van der Waals surface area contributed by atoms with Crippen molar-refractivity contribution >= 4 is 44.9 Å². The van der Waals surface area contributed by atoms with Crippen LogP contribution in [0.4, 0.5) is 39.8 Å². The minimum absolute atomic E-state index is 0.0889. The number of alkyl halides is 3. The molecule has 0 unspecified atom stereocenters. The lowest BCUT2D eigenvalue weighted by atomic mass is 10.2. The van der Waals surface area contributed by atoms with Crippen molar-refractivity contribution in [2.75, 3.05) is 22.1 Å². The number of carbonyl (C=O) groups excluding carboxylic acids is 3. The summed E-state index contributed by atoms with van der Waals surface area (Å²) in [6.07, 6.45) is 2.81. The highest BCUT2D eigenvalue weighted by molar-refractivity contribution is 7.92. The van der Waals surface area contributed by atoms with E-state index < -0.39 is 38.2 Å². The van der Waals surface area contributed by atoms with Crippen molar-refractivity contribution in [3.8, 4) is 0 Å². The van der Waals surface area contributed by atoms with Gasteiger partial charge in [-0.1, -0.05) is 18.2 Å². The van der Waals surface area contributed by atoms with Crippen molar-refractivity contribution in [2.24, 2.45) is 0 Å². The van der Waals surface area contributed by atoms with Crippen LogP contribution in [0.5, 0.6) is 0 Å². The second-order valence-electron chi connectivity index (χ2n) is 7.79. The summed E-state index contributed by atoms with van der Waals surface area (Å²) in [6, 6.07) is 12.1. The maximum atomic E-state index is 13.0. The molecule has 0 atom stereocenters. The van der Waals surface area contributed by atoms with Crippen LogP contribution in [-0.4, -0.2) is 48.3 Å². The lowest BCUT2D eigenvalue weighted by molar-refractivity contribution is -0.116. The van der Waals surface area contributed by atoms with Gasteiger partial charge >= 0.3 is 17.6 Å². The Hall–Kier alpha value is -4.46. The van der Waals surface area contributed by atoms with Crippen LogP contribution in [0.1, 0.15) is 5.56 Å². The molecule has 1 fully saturated rings. The number of hydrogen-bond donors (Lipinski definition) is 2. The summed E-state index contributed by atoms with van der Waals surface area (Å²) < 4.78 is 61.4. The number of amides is 5. The van der Waals surface area contributed by atoms with Crippen molar-refractivity contribution in [1.82, 2.24) is 9.88 Å². The number of nitrogens with zero attached hydrogens (tertiary/aromatic N) is 3. The molecular formula is C23H18F3N5O5S. The average molecular weight is 533 g/mol. The number of anilines is 3. The van der Waals surface area contributed by atoms with E-state index in [1.807, 2.05) is 0 Å². The molecule has 2 aromatic carbocycles. The number of hydrogen-bond acceptors (Lipinski definition) is 6. The van der Waals surface area contributed by atoms with Crippen LogP contribution >= 0.6 is 0 Å². The number of para-hydroxylation sites is 1. The van der Waals surface area contributed by atoms with Crippen molar-refractivity contribution in [2.45, 2.75) is 16.9 Å². The third-order valence-electron chi connectivity index (χ3n) is 5.30. The molecule has 192 valence electrons. The van der Waals surface area contributed by atoms with Crippen molar-refractivity contribution in [1.29, 1.82) is 0 Å². The van der Waals surface area contributed by atoms with E-state index in [0.29, 0.717) is 23.4 Å². The molecular weight excluding hydrogens is 515 g/mol. The summed E-state index contributed by atoms with van der Waals surface area (Å²) in [5, 5.41) is 5.28. The molecule has 0 aliphatic carbocycles. The first-order valence-electron chi connectivity index (χ1n) is 10.6. The van der Waals surface area contributed by atoms with Gasteiger partial charge in [-0.3, -0.25) is 9.78 Å². The van der Waals surface area contributed by atoms with E-state index in [0.717, 1.165) is 21.9 Å². The number of sulfone groups is 1. The van der Waals surface area contributed by atoms with Crippen LogP contribution < -0.4 is 15.5 Å². The summed E-state index contributed by atoms with van der Waals surface area (Å²) in [6.45, 7) is -0.440. The predicted octanol–water partition coefficient (Wildman–Crippen LogP) is 3.99. The van der Waals surface area contributed by atoms with Gasteiger partial charge in [0.15, 0.2) is 0 Å². The fraction of sp³-hybridized carbons (Fsp3) is 0.130. The first kappa shape index (κ1) is 25.6. The fourth-order valence-corrected chi connectivity index (χ4v) is 4.28. The zero-order chi connectivity index (χ0) is 26.8. The zero-order valence-corrected chi connectivity index (χ0v) is 19.6. The lowest BCUT2D eigenvalue weighted by Crippen LogP contribution is -2.33. The average Bonchev–Trinajstić information content (AvgIpc) is 3.12. The molecule has 4 rings (SSSR count). The molecule has 0 spiro atoms. The first-order valence-corrected chi connectivity index (χ1v) is 12.0. The topological polar surface area (TPSA) is 129 Å². The van der Waals surface area contributed by atoms with E-state index in [1.165, 1.54) is 12.4 Å². The minimum atomic E-state index is -5.57. The van der Waals surface area contributed by atoms with Gasteiger partial charge in [0.1, 0.15) is 6.54 Å². The molecule has 1 aliphatic heterocycles. The van der Waals surface area contributed by atoms with E-state index >= 15 is 0 Å². The highest BCUT2D eigenvalue weighted by Crippen LogP contribution is 2.32. The second-order valence-corrected chi connectivity index (χ2v) is 9.73. The number of carbonyl (C=O) groups is 3. The van der Waals surface area contributed by atoms with Crippen LogP contribution in [0.3, 0.4) is 0 Å². The van der Waals surface area contributed by atoms with Crippen molar-refractivity contribution in [3.63, 3.8) is 0 Å². The molecule has 5 amide bonds. The van der Waals surface area contributed by atoms with Crippen LogP contribution in [0.15, 0.2) is 78.0 Å². The van der Waals surface area contributed by atoms with Gasteiger partial charge in [-0.2, -0.15) is 13.2 Å². The van der Waals surface area contributed by atoms with Gasteiger partial charge in [-0.25, -0.2) is 22.9 Å². The van der Waals surface area contributed by atoms with E-state index in [4.69, 9.17) is 0 Å². The highest BCUT2D eigenvalue weighted by atomic mass is 32.2. The number of imide groups is 1. The third-order valence-corrected chi connectivity index (χ3v) is 6.80. The van der Waals surface area contributed by atoms with Crippen molar-refractivity contribution in [3.05, 3.63) is 78.6 Å². The Morgan fingerprint density at radius 2 is 1.65 bits per heavy atom. The molecule has 37 heavy (non-hydrogen) atoms. The van der Waals surface area contributed by atoms with Crippen LogP contribution in [-0.2, 0) is 21.2 Å². The predicted molar refractivity (Wildman–Crippen MR) is 126 cm³/mol. The molecule has 2 heterocycles. The summed E-state index contributed by atoms with van der Waals surface area (Å²) in [7, 11) is -5.57. The van der Waals surface area contributed by atoms with Gasteiger partial charge in [0.2, 0.25) is 0 Å². The standard InChI is InChI=1S/C23H18F3N5O5S/c24-23(25,26)37(35,36)18-8-6-17(7-9-18)31-20(32)14-30(22(31)34)13-15-10-11-27-12-19(15)29-21(33)28-16-4-2-1-3-5-16/h1-12H,13-14H2,(H2,28,29,33). The molecule has 1 aromatic heterocycles. The number of rotatable bonds is 6. The normalized spacial score (nSPS) is 14.1. The third kappa shape index (κ3) is 5.38. The maximum Gasteiger partial charge on any atom is 0.501 e. The molecule has 2 N–H and O–H groups in total.